The summed E-state index contributed by atoms with van der Waals surface area (Å²) in [5.41, 5.74) is 1.83. The van der Waals surface area contributed by atoms with E-state index in [4.69, 9.17) is 27.9 Å². The lowest BCUT2D eigenvalue weighted by Gasteiger charge is -2.32. The van der Waals surface area contributed by atoms with Crippen molar-refractivity contribution in [3.05, 3.63) is 63.6 Å². The van der Waals surface area contributed by atoms with Gasteiger partial charge >= 0.3 is 0 Å². The number of piperidine rings is 1. The number of carbonyl (C=O) groups excluding carboxylic acids is 1. The summed E-state index contributed by atoms with van der Waals surface area (Å²) in [5, 5.41) is 4.40. The van der Waals surface area contributed by atoms with Crippen LogP contribution in [0.25, 0.3) is 0 Å². The van der Waals surface area contributed by atoms with E-state index in [1.165, 1.54) is 5.56 Å². The van der Waals surface area contributed by atoms with Crippen molar-refractivity contribution in [2.24, 2.45) is 0 Å². The van der Waals surface area contributed by atoms with Crippen LogP contribution in [0.2, 0.25) is 10.0 Å². The van der Waals surface area contributed by atoms with E-state index in [0.717, 1.165) is 38.2 Å². The molecule has 0 saturated carbocycles. The first-order valence-electron chi connectivity index (χ1n) is 9.25. The highest BCUT2D eigenvalue weighted by molar-refractivity contribution is 6.32. The second kappa shape index (κ2) is 9.45. The van der Waals surface area contributed by atoms with Crippen molar-refractivity contribution >= 4 is 29.1 Å². The first-order chi connectivity index (χ1) is 13.0. The van der Waals surface area contributed by atoms with Gasteiger partial charge in [0.05, 0.1) is 11.6 Å². The number of likely N-dealkylation sites (tertiary alicyclic amines) is 1. The van der Waals surface area contributed by atoms with E-state index in [0.29, 0.717) is 22.2 Å². The summed E-state index contributed by atoms with van der Waals surface area (Å²) in [6.07, 6.45) is 1.87. The molecule has 144 valence electrons. The Labute approximate surface area is 170 Å². The number of amides is 1. The Hall–Kier alpha value is -1.75. The Balaban J connectivity index is 1.49. The minimum Gasteiger partial charge on any atom is -0.492 e. The lowest BCUT2D eigenvalue weighted by Crippen LogP contribution is -2.44. The van der Waals surface area contributed by atoms with Gasteiger partial charge in [-0.25, -0.2) is 0 Å². The van der Waals surface area contributed by atoms with Crippen LogP contribution in [0.3, 0.4) is 0 Å². The molecule has 1 saturated heterocycles. The summed E-state index contributed by atoms with van der Waals surface area (Å²) in [4.78, 5) is 14.7. The molecule has 2 aromatic rings. The van der Waals surface area contributed by atoms with Crippen LogP contribution in [0.1, 0.15) is 35.7 Å². The highest BCUT2D eigenvalue weighted by Gasteiger charge is 2.21. The van der Waals surface area contributed by atoms with Crippen LogP contribution < -0.4 is 10.1 Å². The average molecular weight is 407 g/mol. The fourth-order valence-electron chi connectivity index (χ4n) is 3.28. The zero-order valence-corrected chi connectivity index (χ0v) is 16.9. The number of nitrogens with one attached hydrogen (secondary N) is 1. The van der Waals surface area contributed by atoms with Crippen molar-refractivity contribution in [1.29, 1.82) is 0 Å². The van der Waals surface area contributed by atoms with Crippen molar-refractivity contribution in [1.82, 2.24) is 10.2 Å². The van der Waals surface area contributed by atoms with Gasteiger partial charge in [-0.1, -0.05) is 29.3 Å². The average Bonchev–Trinajstić information content (AvgIpc) is 2.67. The molecular weight excluding hydrogens is 383 g/mol. The molecule has 1 aliphatic heterocycles. The topological polar surface area (TPSA) is 41.6 Å². The van der Waals surface area contributed by atoms with Gasteiger partial charge in [-0.05, 0) is 61.7 Å². The molecule has 1 aliphatic rings. The number of halogens is 2. The quantitative estimate of drug-likeness (QED) is 0.749. The van der Waals surface area contributed by atoms with Crippen LogP contribution >= 0.6 is 23.2 Å². The molecule has 0 unspecified atom stereocenters. The number of hydrogen-bond acceptors (Lipinski definition) is 3. The number of benzene rings is 2. The Morgan fingerprint density at radius 3 is 2.52 bits per heavy atom. The molecule has 4 nitrogen and oxygen atoms in total. The number of ether oxygens (including phenoxy) is 1. The van der Waals surface area contributed by atoms with E-state index in [1.807, 2.05) is 25.1 Å². The van der Waals surface area contributed by atoms with Gasteiger partial charge in [0, 0.05) is 36.3 Å². The highest BCUT2D eigenvalue weighted by atomic mass is 35.5. The van der Waals surface area contributed by atoms with Gasteiger partial charge < -0.3 is 10.1 Å². The van der Waals surface area contributed by atoms with Crippen LogP contribution in [0.4, 0.5) is 0 Å². The smallest absolute Gasteiger partial charge is 0.251 e. The van der Waals surface area contributed by atoms with Gasteiger partial charge in [0.1, 0.15) is 5.75 Å². The van der Waals surface area contributed by atoms with Crippen LogP contribution in [0, 0.1) is 0 Å². The monoisotopic (exact) mass is 406 g/mol. The summed E-state index contributed by atoms with van der Waals surface area (Å²) in [5.74, 6) is 0.700. The zero-order valence-electron chi connectivity index (χ0n) is 15.4. The van der Waals surface area contributed by atoms with E-state index in [9.17, 15) is 4.79 Å². The fourth-order valence-corrected chi connectivity index (χ4v) is 3.57. The van der Waals surface area contributed by atoms with Crippen molar-refractivity contribution in [3.8, 4) is 5.75 Å². The maximum absolute atomic E-state index is 12.3. The molecule has 3 rings (SSSR count). The Bertz CT molecular complexity index is 772. The van der Waals surface area contributed by atoms with Gasteiger partial charge in [0.25, 0.3) is 5.91 Å². The zero-order chi connectivity index (χ0) is 19.2. The van der Waals surface area contributed by atoms with Crippen molar-refractivity contribution < 1.29 is 9.53 Å². The van der Waals surface area contributed by atoms with E-state index < -0.39 is 0 Å². The van der Waals surface area contributed by atoms with E-state index in [1.54, 1.807) is 24.3 Å². The van der Waals surface area contributed by atoms with E-state index in [2.05, 4.69) is 10.2 Å². The van der Waals surface area contributed by atoms with Crippen LogP contribution in [0.15, 0.2) is 42.5 Å². The molecule has 0 aliphatic carbocycles. The molecule has 0 radical (unpaired) electrons. The predicted octanol–water partition coefficient (Wildman–Crippen LogP) is 4.79. The summed E-state index contributed by atoms with van der Waals surface area (Å²) in [6, 6.07) is 13.1. The molecule has 0 spiro atoms. The molecular formula is C21H24Cl2N2O2. The predicted molar refractivity (Wildman–Crippen MR) is 110 cm³/mol. The van der Waals surface area contributed by atoms with Crippen molar-refractivity contribution in [2.75, 3.05) is 19.7 Å². The van der Waals surface area contributed by atoms with Crippen LogP contribution in [-0.4, -0.2) is 36.5 Å². The Morgan fingerprint density at radius 1 is 1.15 bits per heavy atom. The van der Waals surface area contributed by atoms with Gasteiger partial charge in [-0.15, -0.1) is 0 Å². The first kappa shape index (κ1) is 20.0. The SMILES string of the molecule is CCOc1cc(CN2CCC(NC(=O)c3ccc(Cl)cc3)CC2)ccc1Cl. The molecule has 2 aromatic carbocycles. The van der Waals surface area contributed by atoms with Gasteiger partial charge in [0.15, 0.2) is 0 Å². The molecule has 6 heteroatoms. The van der Waals surface area contributed by atoms with Gasteiger partial charge in [0.2, 0.25) is 0 Å². The third kappa shape index (κ3) is 5.61. The third-order valence-corrected chi connectivity index (χ3v) is 5.30. The molecule has 0 bridgehead atoms. The van der Waals surface area contributed by atoms with E-state index >= 15 is 0 Å². The Kier molecular flexibility index (Phi) is 7.00. The van der Waals surface area contributed by atoms with Crippen molar-refractivity contribution in [3.63, 3.8) is 0 Å². The fraction of sp³-hybridized carbons (Fsp3) is 0.381. The number of nitrogens with zero attached hydrogens (tertiary/aromatic N) is 1. The summed E-state index contributed by atoms with van der Waals surface area (Å²) in [7, 11) is 0. The van der Waals surface area contributed by atoms with E-state index in [-0.39, 0.29) is 11.9 Å². The molecule has 0 atom stereocenters. The second-order valence-electron chi connectivity index (χ2n) is 6.73. The molecule has 1 fully saturated rings. The molecule has 1 amide bonds. The molecule has 0 aromatic heterocycles. The lowest BCUT2D eigenvalue weighted by atomic mass is 10.0. The summed E-state index contributed by atoms with van der Waals surface area (Å²) < 4.78 is 5.57. The maximum Gasteiger partial charge on any atom is 0.251 e. The summed E-state index contributed by atoms with van der Waals surface area (Å²) in [6.45, 7) is 5.29. The number of carbonyl (C=O) groups is 1. The third-order valence-electron chi connectivity index (χ3n) is 4.73. The summed E-state index contributed by atoms with van der Waals surface area (Å²) >= 11 is 12.0. The minimum absolute atomic E-state index is 0.0378. The normalized spacial score (nSPS) is 15.5. The first-order valence-corrected chi connectivity index (χ1v) is 10.0. The molecule has 27 heavy (non-hydrogen) atoms. The van der Waals surface area contributed by atoms with Crippen LogP contribution in [0.5, 0.6) is 5.75 Å². The van der Waals surface area contributed by atoms with Crippen LogP contribution in [-0.2, 0) is 6.54 Å². The number of hydrogen-bond donors (Lipinski definition) is 1. The second-order valence-corrected chi connectivity index (χ2v) is 7.57. The number of rotatable bonds is 6. The maximum atomic E-state index is 12.3. The molecule has 1 heterocycles. The Morgan fingerprint density at radius 2 is 1.85 bits per heavy atom. The standard InChI is InChI=1S/C21H24Cl2N2O2/c1-2-27-20-13-15(3-8-19(20)23)14-25-11-9-18(10-12-25)24-21(26)16-4-6-17(22)7-5-16/h3-8,13,18H,2,9-12,14H2,1H3,(H,24,26). The van der Waals surface area contributed by atoms with Gasteiger partial charge in [-0.3, -0.25) is 9.69 Å². The highest BCUT2D eigenvalue weighted by Crippen LogP contribution is 2.26. The largest absolute Gasteiger partial charge is 0.492 e. The molecule has 1 N–H and O–H groups in total. The minimum atomic E-state index is -0.0378. The van der Waals surface area contributed by atoms with Gasteiger partial charge in [-0.2, -0.15) is 0 Å². The van der Waals surface area contributed by atoms with Crippen molar-refractivity contribution in [2.45, 2.75) is 32.4 Å². The lowest BCUT2D eigenvalue weighted by molar-refractivity contribution is 0.0909.